The third-order valence-electron chi connectivity index (χ3n) is 4.01. The number of hydrogen-bond donors (Lipinski definition) is 1. The standard InChI is InChI=1S/C19H26O7/c1-19(2,3)18(22)24-11-13(20)16-14(10-15(23-4)26-16)25-17(21)12-8-6-5-7-9-12/h5-9,13-16,20H,10-11H2,1-4H3/t13-,14-,15-,16+/m1/s1. The van der Waals surface area contributed by atoms with Crippen molar-refractivity contribution in [3.63, 3.8) is 0 Å². The molecule has 7 heteroatoms. The zero-order chi connectivity index (χ0) is 19.3. The van der Waals surface area contributed by atoms with E-state index in [0.29, 0.717) is 5.56 Å². The fraction of sp³-hybridized carbons (Fsp3) is 0.579. The summed E-state index contributed by atoms with van der Waals surface area (Å²) in [5.41, 5.74) is -0.273. The van der Waals surface area contributed by atoms with Gasteiger partial charge in [0.15, 0.2) is 6.29 Å². The molecule has 0 unspecified atom stereocenters. The highest BCUT2D eigenvalue weighted by atomic mass is 16.7. The average molecular weight is 366 g/mol. The van der Waals surface area contributed by atoms with Gasteiger partial charge in [0.2, 0.25) is 0 Å². The molecule has 1 N–H and O–H groups in total. The van der Waals surface area contributed by atoms with Crippen LogP contribution >= 0.6 is 0 Å². The maximum absolute atomic E-state index is 12.3. The van der Waals surface area contributed by atoms with Gasteiger partial charge in [-0.3, -0.25) is 4.79 Å². The molecule has 4 atom stereocenters. The minimum Gasteiger partial charge on any atom is -0.462 e. The van der Waals surface area contributed by atoms with Crippen molar-refractivity contribution >= 4 is 11.9 Å². The molecule has 1 fully saturated rings. The Bertz CT molecular complexity index is 608. The third-order valence-corrected chi connectivity index (χ3v) is 4.01. The van der Waals surface area contributed by atoms with Crippen LogP contribution in [0.2, 0.25) is 0 Å². The lowest BCUT2D eigenvalue weighted by Gasteiger charge is -2.25. The van der Waals surface area contributed by atoms with Crippen molar-refractivity contribution in [2.24, 2.45) is 5.41 Å². The molecule has 0 aromatic heterocycles. The Balaban J connectivity index is 2.00. The van der Waals surface area contributed by atoms with Crippen molar-refractivity contribution < 1.29 is 33.6 Å². The predicted octanol–water partition coefficient (Wildman–Crippen LogP) is 1.92. The third kappa shape index (κ3) is 5.27. The van der Waals surface area contributed by atoms with Crippen LogP contribution in [0.25, 0.3) is 0 Å². The number of carbonyl (C=O) groups excluding carboxylic acids is 2. The number of rotatable bonds is 6. The van der Waals surface area contributed by atoms with Gasteiger partial charge in [-0.2, -0.15) is 0 Å². The number of esters is 2. The summed E-state index contributed by atoms with van der Waals surface area (Å²) in [6.07, 6.45) is -3.03. The molecule has 1 aromatic carbocycles. The van der Waals surface area contributed by atoms with E-state index in [4.69, 9.17) is 18.9 Å². The van der Waals surface area contributed by atoms with E-state index in [9.17, 15) is 14.7 Å². The number of aliphatic hydroxyl groups excluding tert-OH is 1. The lowest BCUT2D eigenvalue weighted by atomic mass is 9.97. The van der Waals surface area contributed by atoms with Gasteiger partial charge in [0.1, 0.15) is 24.9 Å². The van der Waals surface area contributed by atoms with Gasteiger partial charge in [0.05, 0.1) is 11.0 Å². The molecule has 2 rings (SSSR count). The summed E-state index contributed by atoms with van der Waals surface area (Å²) < 4.78 is 21.4. The first-order chi connectivity index (χ1) is 12.2. The Labute approximate surface area is 153 Å². The van der Waals surface area contributed by atoms with Gasteiger partial charge in [-0.25, -0.2) is 4.79 Å². The van der Waals surface area contributed by atoms with E-state index in [1.165, 1.54) is 7.11 Å². The Morgan fingerprint density at radius 3 is 2.50 bits per heavy atom. The Kier molecular flexibility index (Phi) is 6.75. The van der Waals surface area contributed by atoms with E-state index in [-0.39, 0.29) is 13.0 Å². The number of aliphatic hydroxyl groups is 1. The molecule has 0 radical (unpaired) electrons. The maximum atomic E-state index is 12.3. The first kappa shape index (κ1) is 20.4. The molecule has 0 spiro atoms. The van der Waals surface area contributed by atoms with E-state index in [1.807, 2.05) is 0 Å². The van der Waals surface area contributed by atoms with Gasteiger partial charge in [-0.15, -0.1) is 0 Å². The smallest absolute Gasteiger partial charge is 0.338 e. The summed E-state index contributed by atoms with van der Waals surface area (Å²) in [6.45, 7) is 4.91. The first-order valence-electron chi connectivity index (χ1n) is 8.52. The fourth-order valence-corrected chi connectivity index (χ4v) is 2.50. The second kappa shape index (κ2) is 8.62. The minimum atomic E-state index is -1.14. The van der Waals surface area contributed by atoms with Crippen LogP contribution in [0.5, 0.6) is 0 Å². The maximum Gasteiger partial charge on any atom is 0.338 e. The number of hydrogen-bond acceptors (Lipinski definition) is 7. The Morgan fingerprint density at radius 2 is 1.92 bits per heavy atom. The molecule has 0 aliphatic carbocycles. The van der Waals surface area contributed by atoms with Gasteiger partial charge >= 0.3 is 11.9 Å². The molecule has 0 amide bonds. The molecule has 1 heterocycles. The highest BCUT2D eigenvalue weighted by molar-refractivity contribution is 5.89. The van der Waals surface area contributed by atoms with Gasteiger partial charge in [-0.05, 0) is 32.9 Å². The Morgan fingerprint density at radius 1 is 1.27 bits per heavy atom. The molecule has 26 heavy (non-hydrogen) atoms. The van der Waals surface area contributed by atoms with Crippen LogP contribution in [-0.4, -0.2) is 55.4 Å². The number of ether oxygens (including phenoxy) is 4. The zero-order valence-corrected chi connectivity index (χ0v) is 15.5. The summed E-state index contributed by atoms with van der Waals surface area (Å²) >= 11 is 0. The van der Waals surface area contributed by atoms with Crippen LogP contribution < -0.4 is 0 Å². The van der Waals surface area contributed by atoms with Gasteiger partial charge in [0, 0.05) is 13.5 Å². The number of carbonyl (C=O) groups is 2. The van der Waals surface area contributed by atoms with Crippen molar-refractivity contribution in [1.82, 2.24) is 0 Å². The van der Waals surface area contributed by atoms with Crippen LogP contribution in [-0.2, 0) is 23.7 Å². The zero-order valence-electron chi connectivity index (χ0n) is 15.5. The van der Waals surface area contributed by atoms with Crippen LogP contribution in [0.3, 0.4) is 0 Å². The summed E-state index contributed by atoms with van der Waals surface area (Å²) in [4.78, 5) is 24.1. The van der Waals surface area contributed by atoms with E-state index in [0.717, 1.165) is 0 Å². The molecular weight excluding hydrogens is 340 g/mol. The van der Waals surface area contributed by atoms with Gasteiger partial charge in [0.25, 0.3) is 0 Å². The van der Waals surface area contributed by atoms with Gasteiger partial charge < -0.3 is 24.1 Å². The van der Waals surface area contributed by atoms with Crippen molar-refractivity contribution in [3.05, 3.63) is 35.9 Å². The van der Waals surface area contributed by atoms with Crippen LogP contribution in [0.15, 0.2) is 30.3 Å². The van der Waals surface area contributed by atoms with E-state index in [2.05, 4.69) is 0 Å². The predicted molar refractivity (Wildman–Crippen MR) is 92.4 cm³/mol. The van der Waals surface area contributed by atoms with Gasteiger partial charge in [-0.1, -0.05) is 18.2 Å². The summed E-state index contributed by atoms with van der Waals surface area (Å²) in [7, 11) is 1.47. The number of benzene rings is 1. The van der Waals surface area contributed by atoms with Crippen molar-refractivity contribution in [2.45, 2.75) is 51.8 Å². The highest BCUT2D eigenvalue weighted by Gasteiger charge is 2.43. The molecule has 7 nitrogen and oxygen atoms in total. The summed E-state index contributed by atoms with van der Waals surface area (Å²) in [5.74, 6) is -0.949. The summed E-state index contributed by atoms with van der Waals surface area (Å²) in [5, 5.41) is 10.4. The quantitative estimate of drug-likeness (QED) is 0.769. The second-order valence-electron chi connectivity index (χ2n) is 7.23. The largest absolute Gasteiger partial charge is 0.462 e. The van der Waals surface area contributed by atoms with Crippen LogP contribution in [0, 0.1) is 5.41 Å². The molecule has 144 valence electrons. The van der Waals surface area contributed by atoms with Crippen molar-refractivity contribution in [2.75, 3.05) is 13.7 Å². The van der Waals surface area contributed by atoms with Crippen molar-refractivity contribution in [3.8, 4) is 0 Å². The fourth-order valence-electron chi connectivity index (χ4n) is 2.50. The SMILES string of the molecule is CO[C@H]1C[C@@H](OC(=O)c2ccccc2)[C@H]([C@H](O)COC(=O)C(C)(C)C)O1. The molecule has 1 aliphatic heterocycles. The molecule has 0 bridgehead atoms. The van der Waals surface area contributed by atoms with Crippen LogP contribution in [0.4, 0.5) is 0 Å². The summed E-state index contributed by atoms with van der Waals surface area (Å²) in [6, 6.07) is 8.55. The topological polar surface area (TPSA) is 91.3 Å². The van der Waals surface area contributed by atoms with E-state index in [1.54, 1.807) is 51.1 Å². The molecule has 0 saturated carbocycles. The normalized spacial score (nSPS) is 24.1. The first-order valence-corrected chi connectivity index (χ1v) is 8.52. The van der Waals surface area contributed by atoms with E-state index < -0.39 is 42.0 Å². The number of methoxy groups -OCH3 is 1. The lowest BCUT2D eigenvalue weighted by Crippen LogP contribution is -2.41. The Hall–Kier alpha value is -1.96. The average Bonchev–Trinajstić information content (AvgIpc) is 3.02. The van der Waals surface area contributed by atoms with Crippen molar-refractivity contribution in [1.29, 1.82) is 0 Å². The minimum absolute atomic E-state index is 0.253. The highest BCUT2D eigenvalue weighted by Crippen LogP contribution is 2.27. The molecular formula is C19H26O7. The van der Waals surface area contributed by atoms with E-state index >= 15 is 0 Å². The monoisotopic (exact) mass is 366 g/mol. The van der Waals surface area contributed by atoms with Crippen LogP contribution in [0.1, 0.15) is 37.6 Å². The molecule has 1 saturated heterocycles. The second-order valence-corrected chi connectivity index (χ2v) is 7.23. The molecule has 1 aromatic rings. The lowest BCUT2D eigenvalue weighted by molar-refractivity contribution is -0.170. The molecule has 1 aliphatic rings.